The van der Waals surface area contributed by atoms with Crippen LogP contribution in [0.25, 0.3) is 0 Å². The summed E-state index contributed by atoms with van der Waals surface area (Å²) < 4.78 is 0. The Morgan fingerprint density at radius 1 is 0.938 bits per heavy atom. The lowest BCUT2D eigenvalue weighted by molar-refractivity contribution is -0.156. The van der Waals surface area contributed by atoms with Crippen LogP contribution in [0.5, 0.6) is 0 Å². The summed E-state index contributed by atoms with van der Waals surface area (Å²) in [6.07, 6.45) is 2.07. The van der Waals surface area contributed by atoms with Gasteiger partial charge in [-0.25, -0.2) is 5.01 Å². The van der Waals surface area contributed by atoms with Gasteiger partial charge < -0.3 is 0 Å². The van der Waals surface area contributed by atoms with Crippen LogP contribution in [0.4, 0.5) is 0 Å². The smallest absolute Gasteiger partial charge is 0.273 e. The first-order valence-corrected chi connectivity index (χ1v) is 11.2. The van der Waals surface area contributed by atoms with Gasteiger partial charge in [0.05, 0.1) is 11.8 Å². The maximum atomic E-state index is 13.6. The number of amides is 3. The van der Waals surface area contributed by atoms with Crippen molar-refractivity contribution in [3.05, 3.63) is 70.7 Å². The molecule has 7 heteroatoms. The van der Waals surface area contributed by atoms with E-state index in [0.29, 0.717) is 29.3 Å². The van der Waals surface area contributed by atoms with Crippen LogP contribution in [0.3, 0.4) is 0 Å². The lowest BCUT2D eigenvalue weighted by Crippen LogP contribution is -2.56. The van der Waals surface area contributed by atoms with Gasteiger partial charge in [0.25, 0.3) is 17.7 Å². The lowest BCUT2D eigenvalue weighted by Gasteiger charge is -2.34. The highest BCUT2D eigenvalue weighted by atomic mass is 35.5. The van der Waals surface area contributed by atoms with Crippen molar-refractivity contribution in [2.24, 2.45) is 17.8 Å². The molecule has 1 aliphatic carbocycles. The van der Waals surface area contributed by atoms with Crippen LogP contribution in [0.1, 0.15) is 53.8 Å². The van der Waals surface area contributed by atoms with Crippen LogP contribution >= 0.6 is 11.6 Å². The van der Waals surface area contributed by atoms with Crippen LogP contribution in [0, 0.1) is 17.8 Å². The number of Topliss-reactive ketones (excluding diaryl/α,β-unsaturated/α-hetero) is 1. The van der Waals surface area contributed by atoms with Crippen LogP contribution in [-0.2, 0) is 9.59 Å². The Balaban J connectivity index is 1.74. The van der Waals surface area contributed by atoms with Gasteiger partial charge in [0.15, 0.2) is 5.78 Å². The van der Waals surface area contributed by atoms with E-state index in [1.807, 2.05) is 0 Å². The molecule has 2 aromatic rings. The Kier molecular flexibility index (Phi) is 6.15. The molecule has 2 aliphatic rings. The molecule has 0 aromatic heterocycles. The van der Waals surface area contributed by atoms with Crippen LogP contribution in [-0.4, -0.2) is 39.6 Å². The number of hydrogen-bond acceptors (Lipinski definition) is 4. The second-order valence-electron chi connectivity index (χ2n) is 8.68. The monoisotopic (exact) mass is 452 g/mol. The number of nitrogens with zero attached hydrogens (tertiary/aromatic N) is 2. The molecule has 0 N–H and O–H groups in total. The van der Waals surface area contributed by atoms with Gasteiger partial charge in [-0.1, -0.05) is 48.9 Å². The largest absolute Gasteiger partial charge is 0.292 e. The number of imide groups is 1. The summed E-state index contributed by atoms with van der Waals surface area (Å²) >= 11 is 5.96. The summed E-state index contributed by atoms with van der Waals surface area (Å²) in [6.45, 7) is 3.61. The topological polar surface area (TPSA) is 74.8 Å². The molecule has 0 spiro atoms. The highest BCUT2D eigenvalue weighted by Crippen LogP contribution is 2.41. The highest BCUT2D eigenvalue weighted by Gasteiger charge is 2.53. The van der Waals surface area contributed by atoms with Crippen molar-refractivity contribution in [2.75, 3.05) is 0 Å². The van der Waals surface area contributed by atoms with E-state index in [4.69, 9.17) is 11.6 Å². The summed E-state index contributed by atoms with van der Waals surface area (Å²) in [6, 6.07) is 13.7. The molecular weight excluding hydrogens is 428 g/mol. The maximum absolute atomic E-state index is 13.6. The molecule has 6 nitrogen and oxygen atoms in total. The molecule has 2 fully saturated rings. The van der Waals surface area contributed by atoms with Gasteiger partial charge >= 0.3 is 0 Å². The quantitative estimate of drug-likeness (QED) is 0.498. The number of carbonyl (C=O) groups is 4. The number of halogens is 1. The van der Waals surface area contributed by atoms with Gasteiger partial charge in [-0.2, -0.15) is 5.01 Å². The predicted molar refractivity (Wildman–Crippen MR) is 120 cm³/mol. The molecule has 3 amide bonds. The van der Waals surface area contributed by atoms with Gasteiger partial charge in [-0.3, -0.25) is 19.2 Å². The molecule has 0 bridgehead atoms. The van der Waals surface area contributed by atoms with Crippen LogP contribution in [0.15, 0.2) is 54.6 Å². The minimum atomic E-state index is -1.05. The number of hydrogen-bond donors (Lipinski definition) is 0. The number of ketones is 1. The van der Waals surface area contributed by atoms with E-state index >= 15 is 0 Å². The fourth-order valence-electron chi connectivity index (χ4n) is 4.70. The Labute approximate surface area is 192 Å². The molecule has 4 rings (SSSR count). The Morgan fingerprint density at radius 3 is 2.22 bits per heavy atom. The normalized spacial score (nSPS) is 23.6. The van der Waals surface area contributed by atoms with Gasteiger partial charge in [-0.15, -0.1) is 0 Å². The van der Waals surface area contributed by atoms with Crippen molar-refractivity contribution >= 4 is 35.1 Å². The number of rotatable bonds is 5. The van der Waals surface area contributed by atoms with Gasteiger partial charge in [0, 0.05) is 16.1 Å². The number of carbonyl (C=O) groups excluding carboxylic acids is 4. The second-order valence-corrected chi connectivity index (χ2v) is 9.12. The zero-order chi connectivity index (χ0) is 23.0. The first-order chi connectivity index (χ1) is 15.3. The van der Waals surface area contributed by atoms with Crippen LogP contribution < -0.4 is 0 Å². The van der Waals surface area contributed by atoms with Crippen molar-refractivity contribution in [3.8, 4) is 0 Å². The minimum Gasteiger partial charge on any atom is -0.292 e. The standard InChI is InChI=1S/C25H25ClN2O4/c1-15-8-13-20-21(14-15)25(32)28(24(20)31)27(23(30)18-9-11-19(26)12-10-18)16(2)22(29)17-6-4-3-5-7-17/h3-7,9-12,15-16,20-21H,8,13-14H2,1-2H3/t15-,16+,20+,21+/m1/s1. The van der Waals surface area contributed by atoms with E-state index in [-0.39, 0.29) is 11.3 Å². The first kappa shape index (κ1) is 22.2. The van der Waals surface area contributed by atoms with Gasteiger partial charge in [0.2, 0.25) is 0 Å². The molecule has 0 radical (unpaired) electrons. The number of benzene rings is 2. The molecule has 0 unspecified atom stereocenters. The van der Waals surface area contributed by atoms with Crippen molar-refractivity contribution in [1.29, 1.82) is 0 Å². The molecule has 4 atom stereocenters. The summed E-state index contributed by atoms with van der Waals surface area (Å²) in [5.74, 6) is -2.31. The van der Waals surface area contributed by atoms with Crippen molar-refractivity contribution in [3.63, 3.8) is 0 Å². The Hall–Kier alpha value is -2.99. The molecule has 1 saturated heterocycles. The van der Waals surface area contributed by atoms with Gasteiger partial charge in [-0.05, 0) is 56.4 Å². The zero-order valence-electron chi connectivity index (χ0n) is 18.0. The Bertz CT molecular complexity index is 1050. The SMILES string of the molecule is C[C@@H]1CC[C@@H]2C(=O)N(N(C(=O)c3ccc(Cl)cc3)[C@@H](C)C(=O)c3ccccc3)C(=O)[C@H]2C1. The van der Waals surface area contributed by atoms with E-state index in [2.05, 4.69) is 6.92 Å². The molecule has 1 aliphatic heterocycles. The fraction of sp³-hybridized carbons (Fsp3) is 0.360. The lowest BCUT2D eigenvalue weighted by atomic mass is 9.76. The predicted octanol–water partition coefficient (Wildman–Crippen LogP) is 4.39. The van der Waals surface area contributed by atoms with Crippen LogP contribution in [0.2, 0.25) is 5.02 Å². The van der Waals surface area contributed by atoms with E-state index < -0.39 is 35.6 Å². The van der Waals surface area contributed by atoms with Gasteiger partial charge in [0.1, 0.15) is 6.04 Å². The minimum absolute atomic E-state index is 0.242. The third kappa shape index (κ3) is 3.95. The maximum Gasteiger partial charge on any atom is 0.273 e. The van der Waals surface area contributed by atoms with E-state index in [1.54, 1.807) is 49.4 Å². The third-order valence-electron chi connectivity index (χ3n) is 6.48. The van der Waals surface area contributed by atoms with E-state index in [9.17, 15) is 19.2 Å². The first-order valence-electron chi connectivity index (χ1n) is 10.9. The van der Waals surface area contributed by atoms with Crippen molar-refractivity contribution in [1.82, 2.24) is 10.0 Å². The third-order valence-corrected chi connectivity index (χ3v) is 6.74. The molecule has 32 heavy (non-hydrogen) atoms. The van der Waals surface area contributed by atoms with E-state index in [0.717, 1.165) is 16.4 Å². The van der Waals surface area contributed by atoms with Crippen molar-refractivity contribution in [2.45, 2.75) is 39.2 Å². The number of fused-ring (bicyclic) bond motifs is 1. The Morgan fingerprint density at radius 2 is 1.56 bits per heavy atom. The highest BCUT2D eigenvalue weighted by molar-refractivity contribution is 6.30. The average Bonchev–Trinajstić information content (AvgIpc) is 3.04. The van der Waals surface area contributed by atoms with E-state index in [1.165, 1.54) is 12.1 Å². The zero-order valence-corrected chi connectivity index (χ0v) is 18.8. The molecular formula is C25H25ClN2O4. The summed E-state index contributed by atoms with van der Waals surface area (Å²) in [7, 11) is 0. The van der Waals surface area contributed by atoms with Crippen molar-refractivity contribution < 1.29 is 19.2 Å². The fourth-order valence-corrected chi connectivity index (χ4v) is 4.83. The second kappa shape index (κ2) is 8.87. The molecule has 166 valence electrons. The summed E-state index contributed by atoms with van der Waals surface area (Å²) in [4.78, 5) is 53.5. The average molecular weight is 453 g/mol. The molecule has 2 aromatic carbocycles. The summed E-state index contributed by atoms with van der Waals surface area (Å²) in [5, 5.41) is 2.44. The number of hydrazine groups is 1. The summed E-state index contributed by atoms with van der Waals surface area (Å²) in [5.41, 5.74) is 0.644. The molecule has 1 saturated carbocycles. The molecule has 1 heterocycles.